The number of allylic oxidation sites excluding steroid dienone is 1. The molecule has 1 aromatic carbocycles. The molecule has 1 heterocycles. The predicted molar refractivity (Wildman–Crippen MR) is 77.7 cm³/mol. The number of carbonyl (C=O) groups excluding carboxylic acids is 1. The fourth-order valence-corrected chi connectivity index (χ4v) is 2.15. The van der Waals surface area contributed by atoms with Crippen LogP contribution in [-0.4, -0.2) is 13.1 Å². The third-order valence-electron chi connectivity index (χ3n) is 3.07. The minimum atomic E-state index is -0.315. The normalized spacial score (nSPS) is 12.2. The number of benzene rings is 1. The average molecular weight is 274 g/mol. The highest BCUT2D eigenvalue weighted by Crippen LogP contribution is 2.37. The minimum absolute atomic E-state index is 0.306. The van der Waals surface area contributed by atoms with Crippen LogP contribution in [0.4, 0.5) is 0 Å². The first-order valence-corrected chi connectivity index (χ1v) is 6.37. The summed E-state index contributed by atoms with van der Waals surface area (Å²) in [7, 11) is 1.60. The first kappa shape index (κ1) is 14.2. The highest BCUT2D eigenvalue weighted by molar-refractivity contribution is 5.90. The van der Waals surface area contributed by atoms with E-state index in [0.717, 1.165) is 22.1 Å². The molecule has 2 aromatic rings. The summed E-state index contributed by atoms with van der Waals surface area (Å²) in [6.45, 7) is 8.97. The van der Waals surface area contributed by atoms with Gasteiger partial charge >= 0.3 is 5.97 Å². The van der Waals surface area contributed by atoms with Crippen LogP contribution >= 0.6 is 0 Å². The molecule has 4 nitrogen and oxygen atoms in total. The number of methoxy groups -OCH3 is 1. The van der Waals surface area contributed by atoms with Gasteiger partial charge in [0.05, 0.1) is 12.5 Å². The maximum absolute atomic E-state index is 11.0. The first-order valence-electron chi connectivity index (χ1n) is 6.37. The molecule has 0 aliphatic carbocycles. The zero-order chi connectivity index (χ0) is 14.9. The monoisotopic (exact) mass is 274 g/mol. The zero-order valence-electron chi connectivity index (χ0n) is 12.1. The van der Waals surface area contributed by atoms with Crippen molar-refractivity contribution in [2.45, 2.75) is 26.9 Å². The maximum atomic E-state index is 11.0. The van der Waals surface area contributed by atoms with Crippen molar-refractivity contribution < 1.29 is 18.7 Å². The lowest BCUT2D eigenvalue weighted by Gasteiger charge is -2.12. The largest absolute Gasteiger partial charge is 0.492 e. The number of hydrogen-bond donors (Lipinski definition) is 0. The number of carbonyl (C=O) groups is 1. The van der Waals surface area contributed by atoms with Crippen LogP contribution in [0.2, 0.25) is 0 Å². The molecule has 0 N–H and O–H groups in total. The third-order valence-corrected chi connectivity index (χ3v) is 3.07. The van der Waals surface area contributed by atoms with E-state index in [2.05, 4.69) is 6.58 Å². The van der Waals surface area contributed by atoms with Crippen molar-refractivity contribution in [2.75, 3.05) is 7.11 Å². The van der Waals surface area contributed by atoms with E-state index >= 15 is 0 Å². The van der Waals surface area contributed by atoms with Gasteiger partial charge in [0.1, 0.15) is 11.7 Å². The second-order valence-electron chi connectivity index (χ2n) is 4.75. The van der Waals surface area contributed by atoms with E-state index in [1.807, 2.05) is 32.0 Å². The Balaban J connectivity index is 2.52. The molecule has 1 unspecified atom stereocenters. The molecule has 0 spiro atoms. The molecular formula is C16H18O4. The molecule has 0 aliphatic rings. The van der Waals surface area contributed by atoms with Gasteiger partial charge in [0, 0.05) is 6.92 Å². The summed E-state index contributed by atoms with van der Waals surface area (Å²) in [5.74, 6) is 0.989. The molecule has 1 aromatic heterocycles. The molecule has 0 bridgehead atoms. The van der Waals surface area contributed by atoms with Gasteiger partial charge in [-0.3, -0.25) is 4.79 Å². The van der Waals surface area contributed by atoms with E-state index in [-0.39, 0.29) is 12.1 Å². The minimum Gasteiger partial charge on any atom is -0.492 e. The van der Waals surface area contributed by atoms with Crippen LogP contribution < -0.4 is 4.74 Å². The average Bonchev–Trinajstić information content (AvgIpc) is 2.75. The van der Waals surface area contributed by atoms with Gasteiger partial charge < -0.3 is 13.9 Å². The van der Waals surface area contributed by atoms with Crippen LogP contribution in [0.3, 0.4) is 0 Å². The number of esters is 1. The molecule has 0 saturated heterocycles. The molecule has 0 amide bonds. The van der Waals surface area contributed by atoms with Gasteiger partial charge in [0.2, 0.25) is 0 Å². The number of ether oxygens (including phenoxy) is 2. The van der Waals surface area contributed by atoms with Crippen molar-refractivity contribution in [3.8, 4) is 5.75 Å². The van der Waals surface area contributed by atoms with Gasteiger partial charge in [-0.15, -0.1) is 0 Å². The van der Waals surface area contributed by atoms with E-state index in [1.54, 1.807) is 7.11 Å². The zero-order valence-corrected chi connectivity index (χ0v) is 12.1. The predicted octanol–water partition coefficient (Wildman–Crippen LogP) is 4.10. The molecule has 2 rings (SSSR count). The summed E-state index contributed by atoms with van der Waals surface area (Å²) in [5, 5.41) is 0.849. The van der Waals surface area contributed by atoms with Crippen LogP contribution in [0.15, 0.2) is 29.2 Å². The summed E-state index contributed by atoms with van der Waals surface area (Å²) < 4.78 is 16.3. The van der Waals surface area contributed by atoms with Crippen LogP contribution in [0.25, 0.3) is 16.5 Å². The SMILES string of the molecule is C=C(C)c1oc2ccc(C(C)OC(C)=O)cc2c1OC. The van der Waals surface area contributed by atoms with Crippen molar-refractivity contribution >= 4 is 22.5 Å². The number of fused-ring (bicyclic) bond motifs is 1. The molecule has 4 heteroatoms. The Morgan fingerprint density at radius 2 is 2.05 bits per heavy atom. The summed E-state index contributed by atoms with van der Waals surface area (Å²) in [4.78, 5) is 11.0. The van der Waals surface area contributed by atoms with Crippen LogP contribution in [0.1, 0.15) is 38.2 Å². The Hall–Kier alpha value is -2.23. The Morgan fingerprint density at radius 1 is 1.35 bits per heavy atom. The summed E-state index contributed by atoms with van der Waals surface area (Å²) >= 11 is 0. The van der Waals surface area contributed by atoms with Gasteiger partial charge in [-0.25, -0.2) is 0 Å². The lowest BCUT2D eigenvalue weighted by atomic mass is 10.1. The summed E-state index contributed by atoms with van der Waals surface area (Å²) in [5.41, 5.74) is 2.41. The molecule has 0 radical (unpaired) electrons. The lowest BCUT2D eigenvalue weighted by molar-refractivity contribution is -0.145. The van der Waals surface area contributed by atoms with E-state index < -0.39 is 0 Å². The molecule has 20 heavy (non-hydrogen) atoms. The highest BCUT2D eigenvalue weighted by Gasteiger charge is 2.17. The Morgan fingerprint density at radius 3 is 2.60 bits per heavy atom. The molecule has 0 saturated carbocycles. The fourth-order valence-electron chi connectivity index (χ4n) is 2.15. The van der Waals surface area contributed by atoms with Crippen molar-refractivity contribution in [2.24, 2.45) is 0 Å². The van der Waals surface area contributed by atoms with Gasteiger partial charge in [-0.1, -0.05) is 12.6 Å². The Kier molecular flexibility index (Phi) is 3.84. The highest BCUT2D eigenvalue weighted by atomic mass is 16.5. The van der Waals surface area contributed by atoms with Crippen LogP contribution in [-0.2, 0) is 9.53 Å². The van der Waals surface area contributed by atoms with E-state index in [1.165, 1.54) is 6.92 Å². The molecule has 106 valence electrons. The van der Waals surface area contributed by atoms with Gasteiger partial charge in [-0.2, -0.15) is 0 Å². The maximum Gasteiger partial charge on any atom is 0.303 e. The van der Waals surface area contributed by atoms with Crippen molar-refractivity contribution in [3.63, 3.8) is 0 Å². The molecule has 0 fully saturated rings. The van der Waals surface area contributed by atoms with E-state index in [4.69, 9.17) is 13.9 Å². The standard InChI is InChI=1S/C16H18O4/c1-9(2)15-16(18-5)13-8-12(6-7-14(13)20-15)10(3)19-11(4)17/h6-8,10H,1H2,2-5H3. The fraction of sp³-hybridized carbons (Fsp3) is 0.312. The molecule has 0 aliphatic heterocycles. The topological polar surface area (TPSA) is 48.7 Å². The quantitative estimate of drug-likeness (QED) is 0.787. The van der Waals surface area contributed by atoms with Gasteiger partial charge in [-0.05, 0) is 37.1 Å². The molecule has 1 atom stereocenters. The Labute approximate surface area is 118 Å². The Bertz CT molecular complexity index is 666. The summed E-state index contributed by atoms with van der Waals surface area (Å²) in [6.07, 6.45) is -0.315. The molecular weight excluding hydrogens is 256 g/mol. The number of hydrogen-bond acceptors (Lipinski definition) is 4. The van der Waals surface area contributed by atoms with Crippen molar-refractivity contribution in [3.05, 3.63) is 36.1 Å². The number of furan rings is 1. The second kappa shape index (κ2) is 5.41. The number of rotatable bonds is 4. The van der Waals surface area contributed by atoms with Gasteiger partial charge in [0.15, 0.2) is 11.5 Å². The third kappa shape index (κ3) is 2.54. The summed E-state index contributed by atoms with van der Waals surface area (Å²) in [6, 6.07) is 5.64. The van der Waals surface area contributed by atoms with E-state index in [9.17, 15) is 4.79 Å². The lowest BCUT2D eigenvalue weighted by Crippen LogP contribution is -2.04. The second-order valence-corrected chi connectivity index (χ2v) is 4.75. The van der Waals surface area contributed by atoms with Gasteiger partial charge in [0.25, 0.3) is 0 Å². The smallest absolute Gasteiger partial charge is 0.303 e. The van der Waals surface area contributed by atoms with Crippen molar-refractivity contribution in [1.29, 1.82) is 0 Å². The van der Waals surface area contributed by atoms with Crippen LogP contribution in [0.5, 0.6) is 5.75 Å². The van der Waals surface area contributed by atoms with E-state index in [0.29, 0.717) is 11.5 Å². The van der Waals surface area contributed by atoms with Crippen LogP contribution in [0, 0.1) is 0 Å². The van der Waals surface area contributed by atoms with Crippen molar-refractivity contribution in [1.82, 2.24) is 0 Å². The first-order chi connectivity index (χ1) is 9.43.